The van der Waals surface area contributed by atoms with Crippen LogP contribution in [0.4, 0.5) is 10.1 Å². The summed E-state index contributed by atoms with van der Waals surface area (Å²) in [7, 11) is 0. The number of thiazole rings is 1. The molecule has 0 aliphatic carbocycles. The number of hydrogen-bond donors (Lipinski definition) is 2. The van der Waals surface area contributed by atoms with E-state index in [9.17, 15) is 9.50 Å². The molecule has 5 rings (SSSR count). The molecule has 2 atom stereocenters. The second kappa shape index (κ2) is 7.32. The van der Waals surface area contributed by atoms with Crippen molar-refractivity contribution in [1.29, 1.82) is 0 Å². The molecule has 2 aromatic carbocycles. The van der Waals surface area contributed by atoms with Gasteiger partial charge in [0.25, 0.3) is 0 Å². The fourth-order valence-electron chi connectivity index (χ4n) is 3.93. The van der Waals surface area contributed by atoms with Gasteiger partial charge in [-0.05, 0) is 52.9 Å². The van der Waals surface area contributed by atoms with Crippen LogP contribution >= 0.6 is 27.3 Å². The van der Waals surface area contributed by atoms with Crippen molar-refractivity contribution in [2.45, 2.75) is 31.6 Å². The quantitative estimate of drug-likeness (QED) is 0.410. The SMILES string of the molecule is Nc1c(C(O)c2ccc(F)c3c2cnn3C2CCCCO2)cc(Br)c2ncsc12. The van der Waals surface area contributed by atoms with E-state index in [1.54, 1.807) is 28.5 Å². The first-order valence-electron chi connectivity index (χ1n) is 9.32. The molecule has 1 saturated heterocycles. The van der Waals surface area contributed by atoms with Crippen molar-refractivity contribution in [2.24, 2.45) is 0 Å². The third kappa shape index (κ3) is 3.04. The number of nitrogens with two attached hydrogens (primary N) is 1. The van der Waals surface area contributed by atoms with Crippen LogP contribution in [0.1, 0.15) is 42.7 Å². The van der Waals surface area contributed by atoms with Crippen molar-refractivity contribution in [3.05, 3.63) is 51.3 Å². The molecule has 3 N–H and O–H groups in total. The molecule has 1 aliphatic heterocycles. The molecule has 3 heterocycles. The van der Waals surface area contributed by atoms with Crippen LogP contribution in [0.3, 0.4) is 0 Å². The van der Waals surface area contributed by atoms with E-state index in [1.807, 2.05) is 0 Å². The fraction of sp³-hybridized carbons (Fsp3) is 0.300. The number of rotatable bonds is 3. The van der Waals surface area contributed by atoms with Crippen molar-refractivity contribution < 1.29 is 14.2 Å². The molecule has 2 unspecified atom stereocenters. The number of nitrogens with zero attached hydrogens (tertiary/aromatic N) is 3. The van der Waals surface area contributed by atoms with E-state index in [-0.39, 0.29) is 6.23 Å². The highest BCUT2D eigenvalue weighted by molar-refractivity contribution is 9.10. The summed E-state index contributed by atoms with van der Waals surface area (Å²) in [5.74, 6) is -0.394. The van der Waals surface area contributed by atoms with Crippen LogP contribution in [0.15, 0.2) is 34.4 Å². The molecule has 0 spiro atoms. The standard InChI is InChI=1S/C20H18BrFN4O2S/c21-13-7-11(16(23)20-17(13)24-9-29-20)19(27)10-4-5-14(22)18-12(10)8-25-26(18)15-3-1-2-6-28-15/h4-5,7-9,15,19,27H,1-3,6,23H2. The maximum absolute atomic E-state index is 14.8. The number of nitrogen functional groups attached to an aromatic ring is 1. The minimum absolute atomic E-state index is 0.295. The van der Waals surface area contributed by atoms with Crippen LogP contribution < -0.4 is 5.73 Å². The first kappa shape index (κ1) is 18.9. The molecule has 0 saturated carbocycles. The number of benzene rings is 2. The Hall–Kier alpha value is -2.07. The topological polar surface area (TPSA) is 86.2 Å². The molecule has 1 fully saturated rings. The number of aromatic nitrogens is 3. The summed E-state index contributed by atoms with van der Waals surface area (Å²) >= 11 is 4.92. The van der Waals surface area contributed by atoms with Gasteiger partial charge in [0.1, 0.15) is 17.4 Å². The van der Waals surface area contributed by atoms with Crippen LogP contribution in [0, 0.1) is 5.82 Å². The Morgan fingerprint density at radius 3 is 3.00 bits per heavy atom. The summed E-state index contributed by atoms with van der Waals surface area (Å²) in [5, 5.41) is 16.1. The van der Waals surface area contributed by atoms with Crippen molar-refractivity contribution in [2.75, 3.05) is 12.3 Å². The van der Waals surface area contributed by atoms with Gasteiger partial charge in [0.05, 0.1) is 27.6 Å². The summed E-state index contributed by atoms with van der Waals surface area (Å²) in [4.78, 5) is 4.30. The van der Waals surface area contributed by atoms with E-state index >= 15 is 0 Å². The number of ether oxygens (including phenoxy) is 1. The first-order chi connectivity index (χ1) is 14.1. The minimum atomic E-state index is -1.04. The Labute approximate surface area is 178 Å². The van der Waals surface area contributed by atoms with Crippen LogP contribution in [0.25, 0.3) is 21.1 Å². The summed E-state index contributed by atoms with van der Waals surface area (Å²) < 4.78 is 23.7. The molecule has 150 valence electrons. The summed E-state index contributed by atoms with van der Waals surface area (Å²) in [6, 6.07) is 4.71. The van der Waals surface area contributed by atoms with Crippen LogP contribution in [-0.4, -0.2) is 26.5 Å². The lowest BCUT2D eigenvalue weighted by atomic mass is 9.97. The molecular weight excluding hydrogens is 459 g/mol. The molecule has 0 bridgehead atoms. The monoisotopic (exact) mass is 476 g/mol. The number of aliphatic hydroxyl groups is 1. The lowest BCUT2D eigenvalue weighted by Gasteiger charge is -2.23. The normalized spacial score (nSPS) is 18.5. The van der Waals surface area contributed by atoms with E-state index in [0.29, 0.717) is 34.3 Å². The maximum Gasteiger partial charge on any atom is 0.150 e. The molecule has 6 nitrogen and oxygen atoms in total. The fourth-order valence-corrected chi connectivity index (χ4v) is 5.39. The molecule has 4 aromatic rings. The van der Waals surface area contributed by atoms with E-state index in [4.69, 9.17) is 10.5 Å². The number of hydrogen-bond acceptors (Lipinski definition) is 6. The van der Waals surface area contributed by atoms with Gasteiger partial charge >= 0.3 is 0 Å². The summed E-state index contributed by atoms with van der Waals surface area (Å²) in [6.45, 7) is 0.634. The Morgan fingerprint density at radius 2 is 2.21 bits per heavy atom. The molecule has 29 heavy (non-hydrogen) atoms. The largest absolute Gasteiger partial charge is 0.397 e. The van der Waals surface area contributed by atoms with Gasteiger partial charge < -0.3 is 15.6 Å². The molecule has 1 aliphatic rings. The Balaban J connectivity index is 1.65. The molecular formula is C20H18BrFN4O2S. The summed E-state index contributed by atoms with van der Waals surface area (Å²) in [6.07, 6.45) is 3.05. The van der Waals surface area contributed by atoms with Gasteiger partial charge in [0.15, 0.2) is 6.23 Å². The Bertz CT molecular complexity index is 1220. The highest BCUT2D eigenvalue weighted by Crippen LogP contribution is 2.40. The molecule has 0 amide bonds. The van der Waals surface area contributed by atoms with E-state index in [2.05, 4.69) is 26.0 Å². The lowest BCUT2D eigenvalue weighted by Crippen LogP contribution is -2.19. The van der Waals surface area contributed by atoms with Gasteiger partial charge in [0.2, 0.25) is 0 Å². The second-order valence-corrected chi connectivity index (χ2v) is 8.81. The highest BCUT2D eigenvalue weighted by Gasteiger charge is 2.25. The van der Waals surface area contributed by atoms with Crippen LogP contribution in [0.5, 0.6) is 0 Å². The van der Waals surface area contributed by atoms with E-state index in [0.717, 1.165) is 34.0 Å². The van der Waals surface area contributed by atoms with Gasteiger partial charge in [-0.3, -0.25) is 0 Å². The van der Waals surface area contributed by atoms with Gasteiger partial charge in [-0.15, -0.1) is 11.3 Å². The van der Waals surface area contributed by atoms with Gasteiger partial charge in [0, 0.05) is 22.0 Å². The number of fused-ring (bicyclic) bond motifs is 2. The third-order valence-corrected chi connectivity index (χ3v) is 6.86. The number of halogens is 2. The van der Waals surface area contributed by atoms with Crippen LogP contribution in [-0.2, 0) is 4.74 Å². The van der Waals surface area contributed by atoms with Crippen LogP contribution in [0.2, 0.25) is 0 Å². The third-order valence-electron chi connectivity index (χ3n) is 5.39. The highest BCUT2D eigenvalue weighted by atomic mass is 79.9. The zero-order valence-corrected chi connectivity index (χ0v) is 17.7. The van der Waals surface area contributed by atoms with E-state index < -0.39 is 11.9 Å². The Kier molecular flexibility index (Phi) is 4.78. The number of anilines is 1. The van der Waals surface area contributed by atoms with Gasteiger partial charge in [-0.1, -0.05) is 6.07 Å². The second-order valence-electron chi connectivity index (χ2n) is 7.10. The zero-order valence-electron chi connectivity index (χ0n) is 15.3. The first-order valence-corrected chi connectivity index (χ1v) is 11.0. The molecule has 9 heteroatoms. The zero-order chi connectivity index (χ0) is 20.1. The van der Waals surface area contributed by atoms with Crippen molar-refractivity contribution in [3.8, 4) is 0 Å². The average Bonchev–Trinajstić information content (AvgIpc) is 3.40. The maximum atomic E-state index is 14.8. The van der Waals surface area contributed by atoms with Gasteiger partial charge in [-0.2, -0.15) is 5.10 Å². The number of aliphatic hydroxyl groups excluding tert-OH is 1. The molecule has 0 radical (unpaired) electrons. The minimum Gasteiger partial charge on any atom is -0.397 e. The van der Waals surface area contributed by atoms with Crippen molar-refractivity contribution in [1.82, 2.24) is 14.8 Å². The van der Waals surface area contributed by atoms with Crippen molar-refractivity contribution >= 4 is 54.1 Å². The predicted octanol–water partition coefficient (Wildman–Crippen LogP) is 4.91. The smallest absolute Gasteiger partial charge is 0.150 e. The van der Waals surface area contributed by atoms with Crippen molar-refractivity contribution in [3.63, 3.8) is 0 Å². The average molecular weight is 477 g/mol. The molecule has 2 aromatic heterocycles. The van der Waals surface area contributed by atoms with Gasteiger partial charge in [-0.25, -0.2) is 14.1 Å². The lowest BCUT2D eigenvalue weighted by molar-refractivity contribution is -0.0369. The van der Waals surface area contributed by atoms with E-state index in [1.165, 1.54) is 17.4 Å². The Morgan fingerprint density at radius 1 is 1.34 bits per heavy atom. The summed E-state index contributed by atoms with van der Waals surface area (Å²) in [5.41, 5.74) is 10.7. The predicted molar refractivity (Wildman–Crippen MR) is 114 cm³/mol.